The van der Waals surface area contributed by atoms with Gasteiger partial charge in [0.15, 0.2) is 0 Å². The number of nitrogens with zero attached hydrogens (tertiary/aromatic N) is 2. The monoisotopic (exact) mass is 285 g/mol. The van der Waals surface area contributed by atoms with Crippen LogP contribution in [0.1, 0.15) is 50.2 Å². The van der Waals surface area contributed by atoms with Gasteiger partial charge in [-0.1, -0.05) is 31.2 Å². The highest BCUT2D eigenvalue weighted by Crippen LogP contribution is 2.32. The highest BCUT2D eigenvalue weighted by Gasteiger charge is 2.17. The number of hydrogen-bond donors (Lipinski definition) is 1. The van der Waals surface area contributed by atoms with Crippen molar-refractivity contribution in [2.75, 3.05) is 6.54 Å². The Morgan fingerprint density at radius 2 is 1.90 bits per heavy atom. The van der Waals surface area contributed by atoms with E-state index in [9.17, 15) is 0 Å². The minimum atomic E-state index is 0.352. The molecule has 0 spiro atoms. The molecule has 1 N–H and O–H groups in total. The Hall–Kier alpha value is -1.61. The van der Waals surface area contributed by atoms with Gasteiger partial charge in [-0.2, -0.15) is 5.10 Å². The molecule has 0 bridgehead atoms. The van der Waals surface area contributed by atoms with Crippen molar-refractivity contribution >= 4 is 0 Å². The lowest BCUT2D eigenvalue weighted by Crippen LogP contribution is -2.19. The Bertz CT molecular complexity index is 599. The van der Waals surface area contributed by atoms with Crippen LogP contribution in [0.2, 0.25) is 0 Å². The molecule has 1 heterocycles. The van der Waals surface area contributed by atoms with Crippen molar-refractivity contribution in [2.24, 2.45) is 0 Å². The zero-order valence-corrected chi connectivity index (χ0v) is 13.9. The van der Waals surface area contributed by atoms with Gasteiger partial charge in [0, 0.05) is 23.8 Å². The predicted octanol–water partition coefficient (Wildman–Crippen LogP) is 4.25. The van der Waals surface area contributed by atoms with E-state index in [4.69, 9.17) is 0 Å². The van der Waals surface area contributed by atoms with E-state index in [0.717, 1.165) is 25.2 Å². The predicted molar refractivity (Wildman–Crippen MR) is 89.5 cm³/mol. The summed E-state index contributed by atoms with van der Waals surface area (Å²) in [4.78, 5) is 0. The van der Waals surface area contributed by atoms with E-state index in [-0.39, 0.29) is 0 Å². The lowest BCUT2D eigenvalue weighted by molar-refractivity contribution is 0.571. The molecule has 1 aromatic heterocycles. The van der Waals surface area contributed by atoms with Crippen LogP contribution in [0.25, 0.3) is 11.1 Å². The molecule has 1 atom stereocenters. The number of nitrogens with one attached hydrogen (secondary N) is 1. The molecule has 2 aromatic rings. The average Bonchev–Trinajstić information content (AvgIpc) is 2.79. The van der Waals surface area contributed by atoms with Crippen LogP contribution in [0.3, 0.4) is 0 Å². The SMILES string of the molecule is CCCNC(C)c1ccccc1-c1c(C)nn(CC)c1C. The smallest absolute Gasteiger partial charge is 0.0675 e. The summed E-state index contributed by atoms with van der Waals surface area (Å²) in [6.45, 7) is 12.8. The molecule has 0 aliphatic heterocycles. The molecule has 3 heteroatoms. The lowest BCUT2D eigenvalue weighted by Gasteiger charge is -2.18. The molecule has 1 unspecified atom stereocenters. The first kappa shape index (κ1) is 15.8. The van der Waals surface area contributed by atoms with Gasteiger partial charge in [-0.3, -0.25) is 4.68 Å². The molecule has 21 heavy (non-hydrogen) atoms. The summed E-state index contributed by atoms with van der Waals surface area (Å²) in [6, 6.07) is 9.04. The van der Waals surface area contributed by atoms with Crippen LogP contribution in [0.5, 0.6) is 0 Å². The lowest BCUT2D eigenvalue weighted by atomic mass is 9.94. The summed E-state index contributed by atoms with van der Waals surface area (Å²) < 4.78 is 2.09. The topological polar surface area (TPSA) is 29.9 Å². The molecule has 0 aliphatic carbocycles. The Morgan fingerprint density at radius 1 is 1.19 bits per heavy atom. The van der Waals surface area contributed by atoms with E-state index in [1.807, 2.05) is 0 Å². The Labute approximate surface area is 128 Å². The molecule has 2 rings (SSSR count). The van der Waals surface area contributed by atoms with E-state index in [1.165, 1.54) is 22.4 Å². The van der Waals surface area contributed by atoms with Crippen molar-refractivity contribution in [1.82, 2.24) is 15.1 Å². The van der Waals surface area contributed by atoms with Crippen LogP contribution in [-0.4, -0.2) is 16.3 Å². The molecule has 0 aliphatic rings. The van der Waals surface area contributed by atoms with Crippen molar-refractivity contribution in [2.45, 2.75) is 53.6 Å². The van der Waals surface area contributed by atoms with Crippen LogP contribution < -0.4 is 5.32 Å². The first-order valence-corrected chi connectivity index (χ1v) is 7.96. The minimum Gasteiger partial charge on any atom is -0.310 e. The maximum atomic E-state index is 4.66. The average molecular weight is 285 g/mol. The summed E-state index contributed by atoms with van der Waals surface area (Å²) in [7, 11) is 0. The van der Waals surface area contributed by atoms with Crippen LogP contribution in [0, 0.1) is 13.8 Å². The van der Waals surface area contributed by atoms with Crippen LogP contribution in [0.15, 0.2) is 24.3 Å². The van der Waals surface area contributed by atoms with E-state index < -0.39 is 0 Å². The summed E-state index contributed by atoms with van der Waals surface area (Å²) in [5.74, 6) is 0. The molecule has 1 aromatic carbocycles. The van der Waals surface area contributed by atoms with E-state index >= 15 is 0 Å². The number of hydrogen-bond acceptors (Lipinski definition) is 2. The fourth-order valence-corrected chi connectivity index (χ4v) is 2.97. The van der Waals surface area contributed by atoms with Crippen molar-refractivity contribution in [3.05, 3.63) is 41.2 Å². The number of aryl methyl sites for hydroxylation is 2. The van der Waals surface area contributed by atoms with Crippen molar-refractivity contribution in [3.8, 4) is 11.1 Å². The van der Waals surface area contributed by atoms with E-state index in [1.54, 1.807) is 0 Å². The van der Waals surface area contributed by atoms with Gasteiger partial charge in [0.25, 0.3) is 0 Å². The fourth-order valence-electron chi connectivity index (χ4n) is 2.97. The Morgan fingerprint density at radius 3 is 2.52 bits per heavy atom. The maximum Gasteiger partial charge on any atom is 0.0675 e. The van der Waals surface area contributed by atoms with Gasteiger partial charge in [-0.25, -0.2) is 0 Å². The zero-order chi connectivity index (χ0) is 15.4. The summed E-state index contributed by atoms with van der Waals surface area (Å²) in [5, 5.41) is 8.26. The van der Waals surface area contributed by atoms with Crippen molar-refractivity contribution < 1.29 is 0 Å². The van der Waals surface area contributed by atoms with Gasteiger partial charge in [-0.15, -0.1) is 0 Å². The minimum absolute atomic E-state index is 0.352. The highest BCUT2D eigenvalue weighted by molar-refractivity contribution is 5.72. The molecule has 0 radical (unpaired) electrons. The Kier molecular flexibility index (Phi) is 5.18. The molecule has 0 saturated heterocycles. The van der Waals surface area contributed by atoms with Crippen LogP contribution >= 0.6 is 0 Å². The molecule has 114 valence electrons. The van der Waals surface area contributed by atoms with Crippen LogP contribution in [0.4, 0.5) is 0 Å². The number of aromatic nitrogens is 2. The third kappa shape index (κ3) is 3.18. The fraction of sp³-hybridized carbons (Fsp3) is 0.500. The molecular formula is C18H27N3. The third-order valence-corrected chi connectivity index (χ3v) is 4.08. The third-order valence-electron chi connectivity index (χ3n) is 4.08. The van der Waals surface area contributed by atoms with Gasteiger partial charge >= 0.3 is 0 Å². The maximum absolute atomic E-state index is 4.66. The second kappa shape index (κ2) is 6.90. The van der Waals surface area contributed by atoms with Crippen molar-refractivity contribution in [1.29, 1.82) is 0 Å². The molecule has 3 nitrogen and oxygen atoms in total. The van der Waals surface area contributed by atoms with E-state index in [0.29, 0.717) is 6.04 Å². The second-order valence-corrected chi connectivity index (χ2v) is 5.62. The summed E-state index contributed by atoms with van der Waals surface area (Å²) in [5.41, 5.74) is 6.32. The van der Waals surface area contributed by atoms with Gasteiger partial charge in [0.05, 0.1) is 5.69 Å². The standard InChI is InChI=1S/C18H27N3/c1-6-12-19-13(3)16-10-8-9-11-17(16)18-14(4)20-21(7-2)15(18)5/h8-11,13,19H,6-7,12H2,1-5H3. The number of rotatable bonds is 6. The quantitative estimate of drug-likeness (QED) is 0.860. The van der Waals surface area contributed by atoms with Gasteiger partial charge < -0.3 is 5.32 Å². The van der Waals surface area contributed by atoms with Gasteiger partial charge in [0.2, 0.25) is 0 Å². The number of benzene rings is 1. The normalized spacial score (nSPS) is 12.6. The second-order valence-electron chi connectivity index (χ2n) is 5.62. The summed E-state index contributed by atoms with van der Waals surface area (Å²) >= 11 is 0. The zero-order valence-electron chi connectivity index (χ0n) is 13.9. The van der Waals surface area contributed by atoms with Crippen LogP contribution in [-0.2, 0) is 6.54 Å². The van der Waals surface area contributed by atoms with Gasteiger partial charge in [-0.05, 0) is 51.8 Å². The first-order valence-electron chi connectivity index (χ1n) is 7.96. The largest absolute Gasteiger partial charge is 0.310 e. The highest BCUT2D eigenvalue weighted by atomic mass is 15.3. The molecule has 0 fully saturated rings. The van der Waals surface area contributed by atoms with Crippen molar-refractivity contribution in [3.63, 3.8) is 0 Å². The first-order chi connectivity index (χ1) is 10.1. The Balaban J connectivity index is 2.47. The molecule has 0 saturated carbocycles. The molecular weight excluding hydrogens is 258 g/mol. The van der Waals surface area contributed by atoms with Gasteiger partial charge in [0.1, 0.15) is 0 Å². The van der Waals surface area contributed by atoms with E-state index in [2.05, 4.69) is 74.0 Å². The molecule has 0 amide bonds. The summed E-state index contributed by atoms with van der Waals surface area (Å²) in [6.07, 6.45) is 1.15.